The fraction of sp³-hybridized carbons (Fsp3) is 0.500. The van der Waals surface area contributed by atoms with E-state index >= 15 is 0 Å². The Kier molecular flexibility index (Phi) is 3.83. The fourth-order valence-corrected chi connectivity index (χ4v) is 2.19. The van der Waals surface area contributed by atoms with E-state index in [4.69, 9.17) is 0 Å². The molecule has 1 amide bonds. The van der Waals surface area contributed by atoms with Gasteiger partial charge >= 0.3 is 0 Å². The summed E-state index contributed by atoms with van der Waals surface area (Å²) in [6.07, 6.45) is 2.70. The van der Waals surface area contributed by atoms with E-state index in [0.29, 0.717) is 19.4 Å². The van der Waals surface area contributed by atoms with Crippen molar-refractivity contribution in [2.75, 3.05) is 6.54 Å². The Bertz CT molecular complexity index is 498. The van der Waals surface area contributed by atoms with E-state index in [-0.39, 0.29) is 11.5 Å². The molecule has 1 aliphatic rings. The van der Waals surface area contributed by atoms with Crippen molar-refractivity contribution in [1.82, 2.24) is 5.32 Å². The van der Waals surface area contributed by atoms with Gasteiger partial charge in [0.05, 0.1) is 5.41 Å². The molecule has 0 saturated heterocycles. The van der Waals surface area contributed by atoms with Gasteiger partial charge in [0.25, 0.3) is 0 Å². The summed E-state index contributed by atoms with van der Waals surface area (Å²) < 4.78 is 39.9. The minimum absolute atomic E-state index is 0.0413. The van der Waals surface area contributed by atoms with Crippen molar-refractivity contribution in [3.63, 3.8) is 0 Å². The monoisotopic (exact) mass is 271 g/mol. The molecule has 0 aromatic heterocycles. The highest BCUT2D eigenvalue weighted by Crippen LogP contribution is 2.49. The lowest BCUT2D eigenvalue weighted by atomic mass is 9.94. The van der Waals surface area contributed by atoms with Crippen LogP contribution in [0.5, 0.6) is 0 Å². The summed E-state index contributed by atoms with van der Waals surface area (Å²) in [4.78, 5) is 12.1. The zero-order valence-electron chi connectivity index (χ0n) is 10.7. The third kappa shape index (κ3) is 2.46. The molecule has 1 aromatic rings. The number of carbonyl (C=O) groups is 1. The van der Waals surface area contributed by atoms with Crippen molar-refractivity contribution in [1.29, 1.82) is 0 Å². The van der Waals surface area contributed by atoms with Crippen molar-refractivity contribution in [3.05, 3.63) is 35.1 Å². The highest BCUT2D eigenvalue weighted by molar-refractivity contribution is 5.91. The molecule has 1 aromatic carbocycles. The van der Waals surface area contributed by atoms with Crippen molar-refractivity contribution in [2.45, 2.75) is 38.0 Å². The number of unbranched alkanes of at least 4 members (excludes halogenated alkanes) is 1. The summed E-state index contributed by atoms with van der Waals surface area (Å²) >= 11 is 0. The van der Waals surface area contributed by atoms with Gasteiger partial charge in [-0.25, -0.2) is 13.2 Å². The van der Waals surface area contributed by atoms with Gasteiger partial charge in [-0.2, -0.15) is 0 Å². The van der Waals surface area contributed by atoms with Crippen LogP contribution in [0.4, 0.5) is 13.2 Å². The van der Waals surface area contributed by atoms with Crippen LogP contribution in [0.1, 0.15) is 38.2 Å². The Labute approximate surface area is 110 Å². The molecule has 1 fully saturated rings. The smallest absolute Gasteiger partial charge is 0.230 e. The first kappa shape index (κ1) is 13.9. The summed E-state index contributed by atoms with van der Waals surface area (Å²) in [6.45, 7) is 2.51. The quantitative estimate of drug-likeness (QED) is 0.647. The fourth-order valence-electron chi connectivity index (χ4n) is 2.19. The number of amides is 1. The molecule has 0 spiro atoms. The van der Waals surface area contributed by atoms with Crippen LogP contribution in [-0.2, 0) is 10.2 Å². The van der Waals surface area contributed by atoms with Crippen LogP contribution < -0.4 is 5.32 Å². The van der Waals surface area contributed by atoms with Crippen LogP contribution in [0.25, 0.3) is 0 Å². The maximum absolute atomic E-state index is 13.8. The zero-order chi connectivity index (χ0) is 14.0. The SMILES string of the molecule is CCCCNC(=O)C1(c2ccc(F)c(F)c2F)CC1. The Hall–Kier alpha value is -1.52. The minimum atomic E-state index is -1.51. The van der Waals surface area contributed by atoms with Crippen molar-refractivity contribution in [2.24, 2.45) is 0 Å². The molecule has 1 saturated carbocycles. The lowest BCUT2D eigenvalue weighted by molar-refractivity contribution is -0.123. The Morgan fingerprint density at radius 1 is 1.26 bits per heavy atom. The van der Waals surface area contributed by atoms with Gasteiger partial charge in [-0.3, -0.25) is 4.79 Å². The highest BCUT2D eigenvalue weighted by Gasteiger charge is 2.53. The van der Waals surface area contributed by atoms with E-state index in [9.17, 15) is 18.0 Å². The minimum Gasteiger partial charge on any atom is -0.355 e. The molecule has 5 heteroatoms. The maximum Gasteiger partial charge on any atom is 0.230 e. The lowest BCUT2D eigenvalue weighted by Gasteiger charge is -2.16. The third-order valence-electron chi connectivity index (χ3n) is 3.55. The first-order valence-corrected chi connectivity index (χ1v) is 6.45. The van der Waals surface area contributed by atoms with E-state index in [1.165, 1.54) is 6.07 Å². The van der Waals surface area contributed by atoms with Crippen molar-refractivity contribution in [3.8, 4) is 0 Å². The van der Waals surface area contributed by atoms with Crippen LogP contribution in [0.15, 0.2) is 12.1 Å². The molecule has 19 heavy (non-hydrogen) atoms. The van der Waals surface area contributed by atoms with Crippen LogP contribution >= 0.6 is 0 Å². The average molecular weight is 271 g/mol. The largest absolute Gasteiger partial charge is 0.355 e. The number of halogens is 3. The normalized spacial score (nSPS) is 16.2. The van der Waals surface area contributed by atoms with Crippen molar-refractivity contribution < 1.29 is 18.0 Å². The van der Waals surface area contributed by atoms with E-state index < -0.39 is 22.9 Å². The molecule has 0 bridgehead atoms. The predicted molar refractivity (Wildman–Crippen MR) is 65.1 cm³/mol. The second kappa shape index (κ2) is 5.23. The standard InChI is InChI=1S/C14H16F3NO/c1-2-3-8-18-13(19)14(6-7-14)9-4-5-10(15)12(17)11(9)16/h4-5H,2-3,6-8H2,1H3,(H,18,19). The van der Waals surface area contributed by atoms with E-state index in [2.05, 4.69) is 5.32 Å². The van der Waals surface area contributed by atoms with Crippen LogP contribution in [0.3, 0.4) is 0 Å². The average Bonchev–Trinajstić information content (AvgIpc) is 3.18. The summed E-state index contributed by atoms with van der Waals surface area (Å²) in [5.41, 5.74) is -1.05. The molecule has 0 heterocycles. The molecular weight excluding hydrogens is 255 g/mol. The van der Waals surface area contributed by atoms with Gasteiger partial charge in [0, 0.05) is 12.1 Å². The number of rotatable bonds is 5. The number of nitrogens with one attached hydrogen (secondary N) is 1. The van der Waals surface area contributed by atoms with E-state index in [1.54, 1.807) is 0 Å². The predicted octanol–water partition coefficient (Wildman–Crippen LogP) is 3.05. The topological polar surface area (TPSA) is 29.1 Å². The lowest BCUT2D eigenvalue weighted by Crippen LogP contribution is -2.36. The van der Waals surface area contributed by atoms with Gasteiger partial charge in [0.2, 0.25) is 5.91 Å². The van der Waals surface area contributed by atoms with Crippen LogP contribution in [-0.4, -0.2) is 12.5 Å². The second-order valence-electron chi connectivity index (χ2n) is 4.91. The molecule has 0 unspecified atom stereocenters. The van der Waals surface area contributed by atoms with E-state index in [1.807, 2.05) is 6.92 Å². The molecule has 1 N–H and O–H groups in total. The number of benzene rings is 1. The van der Waals surface area contributed by atoms with Gasteiger partial charge in [0.1, 0.15) is 0 Å². The van der Waals surface area contributed by atoms with Gasteiger partial charge < -0.3 is 5.32 Å². The maximum atomic E-state index is 13.8. The Morgan fingerprint density at radius 2 is 1.95 bits per heavy atom. The van der Waals surface area contributed by atoms with Gasteiger partial charge in [-0.15, -0.1) is 0 Å². The molecule has 0 radical (unpaired) electrons. The summed E-state index contributed by atoms with van der Waals surface area (Å²) in [7, 11) is 0. The van der Waals surface area contributed by atoms with E-state index in [0.717, 1.165) is 18.9 Å². The first-order valence-electron chi connectivity index (χ1n) is 6.45. The van der Waals surface area contributed by atoms with Gasteiger partial charge in [0.15, 0.2) is 17.5 Å². The molecule has 0 atom stereocenters. The molecule has 0 aliphatic heterocycles. The third-order valence-corrected chi connectivity index (χ3v) is 3.55. The number of carbonyl (C=O) groups excluding carboxylic acids is 1. The van der Waals surface area contributed by atoms with Crippen molar-refractivity contribution >= 4 is 5.91 Å². The molecular formula is C14H16F3NO. The zero-order valence-corrected chi connectivity index (χ0v) is 10.7. The number of hydrogen-bond donors (Lipinski definition) is 1. The number of hydrogen-bond acceptors (Lipinski definition) is 1. The van der Waals surface area contributed by atoms with Gasteiger partial charge in [-0.1, -0.05) is 19.4 Å². The Morgan fingerprint density at radius 3 is 2.53 bits per heavy atom. The first-order chi connectivity index (χ1) is 9.03. The van der Waals surface area contributed by atoms with Gasteiger partial charge in [-0.05, 0) is 25.3 Å². The second-order valence-corrected chi connectivity index (χ2v) is 4.91. The summed E-state index contributed by atoms with van der Waals surface area (Å²) in [5.74, 6) is -4.29. The summed E-state index contributed by atoms with van der Waals surface area (Å²) in [6, 6.07) is 2.04. The molecule has 2 nitrogen and oxygen atoms in total. The molecule has 2 rings (SSSR count). The Balaban J connectivity index is 2.21. The molecule has 104 valence electrons. The molecule has 1 aliphatic carbocycles. The highest BCUT2D eigenvalue weighted by atomic mass is 19.2. The van der Waals surface area contributed by atoms with Crippen LogP contribution in [0.2, 0.25) is 0 Å². The van der Waals surface area contributed by atoms with Crippen LogP contribution in [0, 0.1) is 17.5 Å². The summed E-state index contributed by atoms with van der Waals surface area (Å²) in [5, 5.41) is 2.72.